The molecular weight excluding hydrogens is 298 g/mol. The predicted molar refractivity (Wildman–Crippen MR) is 85.4 cm³/mol. The highest BCUT2D eigenvalue weighted by molar-refractivity contribution is 6.06. The Morgan fingerprint density at radius 2 is 1.74 bits per heavy atom. The molecule has 0 spiro atoms. The number of phenols is 1. The van der Waals surface area contributed by atoms with Crippen LogP contribution in [0.1, 0.15) is 21.5 Å². The van der Waals surface area contributed by atoms with Gasteiger partial charge in [0.05, 0.1) is 19.8 Å². The molecular formula is C17H15NO5. The molecule has 3 rings (SSSR count). The standard InChI is InChI=1S/C17H15NO5/c1-21-15-7-11-12(8-16(15)22-2)17(20)23-14(11)6-9-5-10(19)3-4-13(9)18/h3-8,19H,18H2,1-2H3/b14-6-. The first-order valence-corrected chi connectivity index (χ1v) is 6.82. The number of carbonyl (C=O) groups excluding carboxylic acids is 1. The molecule has 0 radical (unpaired) electrons. The lowest BCUT2D eigenvalue weighted by molar-refractivity contribution is 0.0717. The summed E-state index contributed by atoms with van der Waals surface area (Å²) < 4.78 is 15.8. The van der Waals surface area contributed by atoms with Gasteiger partial charge in [-0.1, -0.05) is 0 Å². The molecule has 1 heterocycles. The van der Waals surface area contributed by atoms with E-state index in [4.69, 9.17) is 19.9 Å². The van der Waals surface area contributed by atoms with Crippen LogP contribution in [0.25, 0.3) is 11.8 Å². The summed E-state index contributed by atoms with van der Waals surface area (Å²) in [7, 11) is 3.01. The Bertz CT molecular complexity index is 826. The van der Waals surface area contributed by atoms with E-state index in [1.807, 2.05) is 0 Å². The van der Waals surface area contributed by atoms with Crippen molar-refractivity contribution in [1.82, 2.24) is 0 Å². The highest BCUT2D eigenvalue weighted by Gasteiger charge is 2.29. The maximum atomic E-state index is 12.0. The number of nitrogens with two attached hydrogens (primary N) is 1. The summed E-state index contributed by atoms with van der Waals surface area (Å²) in [6, 6.07) is 7.80. The van der Waals surface area contributed by atoms with E-state index >= 15 is 0 Å². The van der Waals surface area contributed by atoms with Crippen LogP contribution in [0, 0.1) is 0 Å². The number of nitrogen functional groups attached to an aromatic ring is 1. The van der Waals surface area contributed by atoms with E-state index in [0.29, 0.717) is 39.6 Å². The van der Waals surface area contributed by atoms with Crippen molar-refractivity contribution in [1.29, 1.82) is 0 Å². The molecule has 1 aliphatic rings. The van der Waals surface area contributed by atoms with Gasteiger partial charge in [-0.25, -0.2) is 4.79 Å². The van der Waals surface area contributed by atoms with E-state index < -0.39 is 5.97 Å². The van der Waals surface area contributed by atoms with Crippen molar-refractivity contribution in [3.63, 3.8) is 0 Å². The molecule has 23 heavy (non-hydrogen) atoms. The molecule has 0 saturated heterocycles. The van der Waals surface area contributed by atoms with Crippen molar-refractivity contribution in [3.8, 4) is 17.2 Å². The minimum atomic E-state index is -0.481. The number of rotatable bonds is 3. The fraction of sp³-hybridized carbons (Fsp3) is 0.118. The number of anilines is 1. The summed E-state index contributed by atoms with van der Waals surface area (Å²) in [6.45, 7) is 0. The van der Waals surface area contributed by atoms with Crippen LogP contribution in [-0.2, 0) is 4.74 Å². The molecule has 0 atom stereocenters. The van der Waals surface area contributed by atoms with Gasteiger partial charge >= 0.3 is 5.97 Å². The van der Waals surface area contributed by atoms with Crippen LogP contribution in [-0.4, -0.2) is 25.3 Å². The normalized spacial score (nSPS) is 14.5. The topological polar surface area (TPSA) is 91.0 Å². The number of hydrogen-bond acceptors (Lipinski definition) is 6. The van der Waals surface area contributed by atoms with Gasteiger partial charge in [0.2, 0.25) is 0 Å². The number of carbonyl (C=O) groups is 1. The fourth-order valence-corrected chi connectivity index (χ4v) is 2.40. The number of phenolic OH excluding ortho intramolecular Hbond substituents is 1. The molecule has 6 heteroatoms. The van der Waals surface area contributed by atoms with Crippen LogP contribution in [0.2, 0.25) is 0 Å². The van der Waals surface area contributed by atoms with Crippen LogP contribution in [0.5, 0.6) is 17.2 Å². The summed E-state index contributed by atoms with van der Waals surface area (Å²) in [5, 5.41) is 9.58. The Hall–Kier alpha value is -3.15. The van der Waals surface area contributed by atoms with Crippen molar-refractivity contribution in [3.05, 3.63) is 47.0 Å². The lowest BCUT2D eigenvalue weighted by Crippen LogP contribution is -1.96. The van der Waals surface area contributed by atoms with Crippen molar-refractivity contribution in [2.45, 2.75) is 0 Å². The molecule has 0 bridgehead atoms. The van der Waals surface area contributed by atoms with Crippen LogP contribution in [0.15, 0.2) is 30.3 Å². The maximum Gasteiger partial charge on any atom is 0.344 e. The number of ether oxygens (including phenoxy) is 3. The smallest absolute Gasteiger partial charge is 0.344 e. The van der Waals surface area contributed by atoms with Gasteiger partial charge in [-0.05, 0) is 36.4 Å². The Morgan fingerprint density at radius 1 is 1.09 bits per heavy atom. The largest absolute Gasteiger partial charge is 0.508 e. The Morgan fingerprint density at radius 3 is 2.39 bits per heavy atom. The third-order valence-corrected chi connectivity index (χ3v) is 3.57. The quantitative estimate of drug-likeness (QED) is 0.514. The zero-order chi connectivity index (χ0) is 16.6. The molecule has 0 amide bonds. The molecule has 2 aromatic rings. The predicted octanol–water partition coefficient (Wildman–Crippen LogP) is 2.66. The van der Waals surface area contributed by atoms with E-state index in [-0.39, 0.29) is 5.75 Å². The zero-order valence-electron chi connectivity index (χ0n) is 12.6. The SMILES string of the molecule is COc1cc2c(cc1OC)/C(=C/c1cc(O)ccc1N)OC2=O. The minimum absolute atomic E-state index is 0.0721. The summed E-state index contributed by atoms with van der Waals surface area (Å²) in [4.78, 5) is 12.0. The zero-order valence-corrected chi connectivity index (χ0v) is 12.6. The van der Waals surface area contributed by atoms with Crippen molar-refractivity contribution < 1.29 is 24.1 Å². The van der Waals surface area contributed by atoms with E-state index in [1.54, 1.807) is 24.3 Å². The molecule has 0 aliphatic carbocycles. The Labute approximate surface area is 132 Å². The van der Waals surface area contributed by atoms with Crippen molar-refractivity contribution in [2.24, 2.45) is 0 Å². The molecule has 0 aromatic heterocycles. The highest BCUT2D eigenvalue weighted by atomic mass is 16.5. The van der Waals surface area contributed by atoms with Crippen LogP contribution < -0.4 is 15.2 Å². The third-order valence-electron chi connectivity index (χ3n) is 3.57. The average Bonchev–Trinajstić information content (AvgIpc) is 2.85. The number of esters is 1. The van der Waals surface area contributed by atoms with Gasteiger partial charge < -0.3 is 25.1 Å². The summed E-state index contributed by atoms with van der Waals surface area (Å²) >= 11 is 0. The van der Waals surface area contributed by atoms with E-state index in [9.17, 15) is 9.90 Å². The monoisotopic (exact) mass is 313 g/mol. The maximum absolute atomic E-state index is 12.0. The lowest BCUT2D eigenvalue weighted by atomic mass is 10.0. The van der Waals surface area contributed by atoms with Crippen LogP contribution in [0.4, 0.5) is 5.69 Å². The number of hydrogen-bond donors (Lipinski definition) is 2. The van der Waals surface area contributed by atoms with Crippen molar-refractivity contribution >= 4 is 23.5 Å². The summed E-state index contributed by atoms with van der Waals surface area (Å²) in [5.74, 6) is 0.859. The fourth-order valence-electron chi connectivity index (χ4n) is 2.40. The van der Waals surface area contributed by atoms with Crippen LogP contribution >= 0.6 is 0 Å². The van der Waals surface area contributed by atoms with E-state index in [1.165, 1.54) is 26.4 Å². The second kappa shape index (κ2) is 5.57. The molecule has 2 aromatic carbocycles. The van der Waals surface area contributed by atoms with Gasteiger partial charge in [-0.2, -0.15) is 0 Å². The number of fused-ring (bicyclic) bond motifs is 1. The number of cyclic esters (lactones) is 1. The average molecular weight is 313 g/mol. The van der Waals surface area contributed by atoms with Crippen molar-refractivity contribution in [2.75, 3.05) is 20.0 Å². The van der Waals surface area contributed by atoms with Gasteiger partial charge in [-0.15, -0.1) is 0 Å². The van der Waals surface area contributed by atoms with Gasteiger partial charge in [0, 0.05) is 16.8 Å². The first-order chi connectivity index (χ1) is 11.0. The second-order valence-electron chi connectivity index (χ2n) is 4.96. The molecule has 3 N–H and O–H groups in total. The van der Waals surface area contributed by atoms with Gasteiger partial charge in [0.25, 0.3) is 0 Å². The minimum Gasteiger partial charge on any atom is -0.508 e. The van der Waals surface area contributed by atoms with E-state index in [2.05, 4.69) is 0 Å². The van der Waals surface area contributed by atoms with Gasteiger partial charge in [-0.3, -0.25) is 0 Å². The van der Waals surface area contributed by atoms with Gasteiger partial charge in [0.15, 0.2) is 11.5 Å². The molecule has 1 aliphatic heterocycles. The number of aromatic hydroxyl groups is 1. The first-order valence-electron chi connectivity index (χ1n) is 6.82. The van der Waals surface area contributed by atoms with Gasteiger partial charge in [0.1, 0.15) is 11.5 Å². The molecule has 118 valence electrons. The molecule has 0 unspecified atom stereocenters. The van der Waals surface area contributed by atoms with Crippen LogP contribution in [0.3, 0.4) is 0 Å². The second-order valence-corrected chi connectivity index (χ2v) is 4.96. The Kier molecular flexibility index (Phi) is 3.57. The molecule has 6 nitrogen and oxygen atoms in total. The summed E-state index contributed by atoms with van der Waals surface area (Å²) in [5.41, 5.74) is 7.85. The third kappa shape index (κ3) is 2.55. The first kappa shape index (κ1) is 14.8. The highest BCUT2D eigenvalue weighted by Crippen LogP contribution is 2.39. The number of methoxy groups -OCH3 is 2. The van der Waals surface area contributed by atoms with E-state index in [0.717, 1.165) is 0 Å². The molecule has 0 saturated carbocycles. The number of benzene rings is 2. The Balaban J connectivity index is 2.14. The molecule has 0 fully saturated rings. The lowest BCUT2D eigenvalue weighted by Gasteiger charge is -2.08. The summed E-state index contributed by atoms with van der Waals surface area (Å²) in [6.07, 6.45) is 1.60.